The molecule has 1 saturated heterocycles. The van der Waals surface area contributed by atoms with Crippen molar-refractivity contribution in [1.82, 2.24) is 19.5 Å². The number of carbonyl (C=O) groups is 1. The molecular weight excluding hydrogens is 400 g/mol. The lowest BCUT2D eigenvalue weighted by molar-refractivity contribution is 0.0737. The third-order valence-electron chi connectivity index (χ3n) is 4.81. The standard InChI is InChI=1S/C19H19F2N5O2S/c1-2-4-12-11-15(27)26-18(22-12)29-19(23-26)25-9-7-24(8-10-25)17(28)16-13(20)5-3-6-14(16)21/h3,5-6,11H,2,4,7-10H2,1H3. The van der Waals surface area contributed by atoms with Crippen molar-refractivity contribution in [2.45, 2.75) is 19.8 Å². The molecule has 1 aliphatic rings. The minimum atomic E-state index is -0.864. The smallest absolute Gasteiger partial charge is 0.275 e. The predicted molar refractivity (Wildman–Crippen MR) is 106 cm³/mol. The third-order valence-corrected chi connectivity index (χ3v) is 5.78. The van der Waals surface area contributed by atoms with E-state index in [9.17, 15) is 18.4 Å². The molecule has 7 nitrogen and oxygen atoms in total. The summed E-state index contributed by atoms with van der Waals surface area (Å²) in [5, 5.41) is 4.99. The van der Waals surface area contributed by atoms with Crippen molar-refractivity contribution >= 4 is 27.3 Å². The number of piperazine rings is 1. The van der Waals surface area contributed by atoms with Gasteiger partial charge in [0, 0.05) is 37.9 Å². The van der Waals surface area contributed by atoms with E-state index in [4.69, 9.17) is 0 Å². The molecule has 3 aromatic rings. The fourth-order valence-corrected chi connectivity index (χ4v) is 4.30. The lowest BCUT2D eigenvalue weighted by atomic mass is 10.1. The third kappa shape index (κ3) is 3.71. The molecule has 10 heteroatoms. The Morgan fingerprint density at radius 1 is 1.17 bits per heavy atom. The average Bonchev–Trinajstić information content (AvgIpc) is 3.13. The highest BCUT2D eigenvalue weighted by Crippen LogP contribution is 2.24. The quantitative estimate of drug-likeness (QED) is 0.649. The number of carbonyl (C=O) groups excluding carboxylic acids is 1. The van der Waals surface area contributed by atoms with Crippen molar-refractivity contribution in [3.63, 3.8) is 0 Å². The van der Waals surface area contributed by atoms with Gasteiger partial charge in [-0.2, -0.15) is 4.52 Å². The van der Waals surface area contributed by atoms with Gasteiger partial charge in [-0.1, -0.05) is 30.7 Å². The van der Waals surface area contributed by atoms with Gasteiger partial charge in [0.05, 0.1) is 0 Å². The van der Waals surface area contributed by atoms with E-state index in [-0.39, 0.29) is 5.56 Å². The number of anilines is 1. The molecule has 1 aromatic carbocycles. The molecule has 1 fully saturated rings. The van der Waals surface area contributed by atoms with Gasteiger partial charge in [-0.15, -0.1) is 5.10 Å². The maximum Gasteiger partial charge on any atom is 0.275 e. The van der Waals surface area contributed by atoms with Gasteiger partial charge in [0.1, 0.15) is 17.2 Å². The van der Waals surface area contributed by atoms with Crippen LogP contribution in [0.15, 0.2) is 29.1 Å². The van der Waals surface area contributed by atoms with Crippen molar-refractivity contribution in [2.24, 2.45) is 0 Å². The Bertz CT molecular complexity index is 1100. The number of aryl methyl sites for hydroxylation is 1. The summed E-state index contributed by atoms with van der Waals surface area (Å²) in [7, 11) is 0. The van der Waals surface area contributed by atoms with Gasteiger partial charge < -0.3 is 9.80 Å². The molecule has 0 spiro atoms. The summed E-state index contributed by atoms with van der Waals surface area (Å²) in [5.41, 5.74) is -0.0000324. The number of hydrogen-bond donors (Lipinski definition) is 0. The van der Waals surface area contributed by atoms with E-state index >= 15 is 0 Å². The number of benzene rings is 1. The molecule has 1 aliphatic heterocycles. The Balaban J connectivity index is 1.50. The summed E-state index contributed by atoms with van der Waals surface area (Å²) < 4.78 is 29.1. The molecule has 0 aliphatic carbocycles. The van der Waals surface area contributed by atoms with Crippen LogP contribution in [0, 0.1) is 11.6 Å². The summed E-state index contributed by atoms with van der Waals surface area (Å²) in [5.74, 6) is -2.39. The van der Waals surface area contributed by atoms with E-state index in [1.54, 1.807) is 0 Å². The minimum absolute atomic E-state index is 0.218. The van der Waals surface area contributed by atoms with Crippen LogP contribution in [-0.2, 0) is 6.42 Å². The van der Waals surface area contributed by atoms with Crippen molar-refractivity contribution in [2.75, 3.05) is 31.1 Å². The Kier molecular flexibility index (Phi) is 5.27. The van der Waals surface area contributed by atoms with Gasteiger partial charge in [0.25, 0.3) is 11.5 Å². The predicted octanol–water partition coefficient (Wildman–Crippen LogP) is 2.34. The molecule has 1 amide bonds. The topological polar surface area (TPSA) is 70.8 Å². The van der Waals surface area contributed by atoms with Crippen LogP contribution in [0.2, 0.25) is 0 Å². The molecule has 2 aromatic heterocycles. The van der Waals surface area contributed by atoms with Gasteiger partial charge >= 0.3 is 0 Å². The van der Waals surface area contributed by atoms with E-state index in [1.807, 2.05) is 11.8 Å². The molecule has 0 saturated carbocycles. The van der Waals surface area contributed by atoms with Crippen molar-refractivity contribution in [3.05, 3.63) is 57.5 Å². The highest BCUT2D eigenvalue weighted by molar-refractivity contribution is 7.20. The molecule has 152 valence electrons. The Morgan fingerprint density at radius 3 is 2.52 bits per heavy atom. The number of nitrogens with zero attached hydrogens (tertiary/aromatic N) is 5. The van der Waals surface area contributed by atoms with Crippen LogP contribution in [0.4, 0.5) is 13.9 Å². The zero-order valence-electron chi connectivity index (χ0n) is 15.8. The number of halogens is 2. The van der Waals surface area contributed by atoms with Crippen LogP contribution in [0.1, 0.15) is 29.4 Å². The lowest BCUT2D eigenvalue weighted by Crippen LogP contribution is -2.49. The molecular formula is C19H19F2N5O2S. The molecule has 4 rings (SSSR count). The summed E-state index contributed by atoms with van der Waals surface area (Å²) in [6, 6.07) is 4.88. The van der Waals surface area contributed by atoms with Gasteiger partial charge in [0.15, 0.2) is 0 Å². The van der Waals surface area contributed by atoms with Crippen LogP contribution in [0.5, 0.6) is 0 Å². The van der Waals surface area contributed by atoms with Gasteiger partial charge in [-0.25, -0.2) is 13.8 Å². The van der Waals surface area contributed by atoms with E-state index in [2.05, 4.69) is 10.1 Å². The summed E-state index contributed by atoms with van der Waals surface area (Å²) >= 11 is 1.31. The van der Waals surface area contributed by atoms with Gasteiger partial charge in [0.2, 0.25) is 10.1 Å². The van der Waals surface area contributed by atoms with Gasteiger partial charge in [-0.05, 0) is 18.6 Å². The van der Waals surface area contributed by atoms with Gasteiger partial charge in [-0.3, -0.25) is 9.59 Å². The maximum absolute atomic E-state index is 13.9. The molecule has 0 bridgehead atoms. The number of rotatable bonds is 4. The van der Waals surface area contributed by atoms with Crippen LogP contribution in [-0.4, -0.2) is 51.6 Å². The lowest BCUT2D eigenvalue weighted by Gasteiger charge is -2.34. The zero-order chi connectivity index (χ0) is 20.5. The summed E-state index contributed by atoms with van der Waals surface area (Å²) in [6.45, 7) is 3.50. The minimum Gasteiger partial charge on any atom is -0.343 e. The largest absolute Gasteiger partial charge is 0.343 e. The molecule has 3 heterocycles. The molecule has 0 N–H and O–H groups in total. The first kappa shape index (κ1) is 19.4. The van der Waals surface area contributed by atoms with Crippen LogP contribution < -0.4 is 10.5 Å². The number of hydrogen-bond acceptors (Lipinski definition) is 6. The summed E-state index contributed by atoms with van der Waals surface area (Å²) in [6.07, 6.45) is 1.62. The normalized spacial score (nSPS) is 14.6. The Morgan fingerprint density at radius 2 is 1.86 bits per heavy atom. The van der Waals surface area contributed by atoms with Crippen LogP contribution in [0.3, 0.4) is 0 Å². The molecule has 0 radical (unpaired) electrons. The number of amides is 1. The van der Waals surface area contributed by atoms with E-state index in [0.29, 0.717) is 36.3 Å². The monoisotopic (exact) mass is 419 g/mol. The highest BCUT2D eigenvalue weighted by atomic mass is 32.1. The second-order valence-corrected chi connectivity index (χ2v) is 7.73. The first-order chi connectivity index (χ1) is 14.0. The Labute approximate surface area is 169 Å². The van der Waals surface area contributed by atoms with Crippen LogP contribution >= 0.6 is 11.3 Å². The van der Waals surface area contributed by atoms with Crippen molar-refractivity contribution in [3.8, 4) is 0 Å². The fourth-order valence-electron chi connectivity index (χ4n) is 3.32. The SMILES string of the molecule is CCCc1cc(=O)n2nc(N3CCN(C(=O)c4c(F)cccc4F)CC3)sc2n1. The van der Waals surface area contributed by atoms with Crippen molar-refractivity contribution < 1.29 is 13.6 Å². The first-order valence-corrected chi connectivity index (χ1v) is 10.2. The van der Waals surface area contributed by atoms with Crippen LogP contribution in [0.25, 0.3) is 4.96 Å². The maximum atomic E-state index is 13.9. The second kappa shape index (κ2) is 7.86. The summed E-state index contributed by atoms with van der Waals surface area (Å²) in [4.78, 5) is 33.2. The van der Waals surface area contributed by atoms with E-state index in [1.165, 1.54) is 32.9 Å². The number of aromatic nitrogens is 3. The average molecular weight is 419 g/mol. The first-order valence-electron chi connectivity index (χ1n) is 9.36. The van der Waals surface area contributed by atoms with E-state index in [0.717, 1.165) is 30.7 Å². The van der Waals surface area contributed by atoms with Crippen molar-refractivity contribution in [1.29, 1.82) is 0 Å². The fraction of sp³-hybridized carbons (Fsp3) is 0.368. The second-order valence-electron chi connectivity index (χ2n) is 6.79. The Hall–Kier alpha value is -2.88. The van der Waals surface area contributed by atoms with E-state index < -0.39 is 23.1 Å². The molecule has 0 unspecified atom stereocenters. The molecule has 0 atom stereocenters. The number of fused-ring (bicyclic) bond motifs is 1. The zero-order valence-corrected chi connectivity index (χ0v) is 16.6. The molecule has 29 heavy (non-hydrogen) atoms. The highest BCUT2D eigenvalue weighted by Gasteiger charge is 2.27.